The zero-order valence-corrected chi connectivity index (χ0v) is 12.9. The second-order valence-corrected chi connectivity index (χ2v) is 7.06. The average Bonchev–Trinajstić information content (AvgIpc) is 2.59. The standard InChI is InChI=1S/C12H20N4O3S/c1-10-11(9-13-14(10)2)12(17)15-5-4-6-16(8-7-15)20(3,18)19/h9H,4-8H2,1-3H3. The molecule has 0 aromatic carbocycles. The van der Waals surface area contributed by atoms with E-state index in [1.54, 1.807) is 22.8 Å². The predicted molar refractivity (Wildman–Crippen MR) is 74.9 cm³/mol. The van der Waals surface area contributed by atoms with Gasteiger partial charge < -0.3 is 4.90 Å². The molecule has 112 valence electrons. The van der Waals surface area contributed by atoms with E-state index < -0.39 is 10.0 Å². The third-order valence-electron chi connectivity index (χ3n) is 3.68. The Kier molecular flexibility index (Phi) is 4.14. The van der Waals surface area contributed by atoms with Gasteiger partial charge in [0.15, 0.2) is 0 Å². The summed E-state index contributed by atoms with van der Waals surface area (Å²) in [6, 6.07) is 0. The molecule has 0 atom stereocenters. The summed E-state index contributed by atoms with van der Waals surface area (Å²) in [7, 11) is -1.40. The lowest BCUT2D eigenvalue weighted by atomic mass is 10.2. The molecule has 8 heteroatoms. The molecule has 0 bridgehead atoms. The molecule has 1 amide bonds. The van der Waals surface area contributed by atoms with E-state index in [-0.39, 0.29) is 5.91 Å². The van der Waals surface area contributed by atoms with Gasteiger partial charge in [-0.2, -0.15) is 5.10 Å². The lowest BCUT2D eigenvalue weighted by Crippen LogP contribution is -2.37. The fraction of sp³-hybridized carbons (Fsp3) is 0.667. The Hall–Kier alpha value is -1.41. The van der Waals surface area contributed by atoms with Gasteiger partial charge in [-0.25, -0.2) is 12.7 Å². The molecular formula is C12H20N4O3S. The largest absolute Gasteiger partial charge is 0.337 e. The first-order valence-electron chi connectivity index (χ1n) is 6.53. The first kappa shape index (κ1) is 15.0. The van der Waals surface area contributed by atoms with Gasteiger partial charge in [0.05, 0.1) is 18.0 Å². The first-order chi connectivity index (χ1) is 9.30. The SMILES string of the molecule is Cc1c(C(=O)N2CCCN(S(C)(=O)=O)CC2)cnn1C. The maximum absolute atomic E-state index is 12.4. The van der Waals surface area contributed by atoms with Gasteiger partial charge in [0.25, 0.3) is 5.91 Å². The Morgan fingerprint density at radius 2 is 1.95 bits per heavy atom. The summed E-state index contributed by atoms with van der Waals surface area (Å²) in [6.07, 6.45) is 3.42. The monoisotopic (exact) mass is 300 g/mol. The van der Waals surface area contributed by atoms with Crippen LogP contribution >= 0.6 is 0 Å². The molecule has 2 rings (SSSR count). The van der Waals surface area contributed by atoms with Crippen molar-refractivity contribution in [1.29, 1.82) is 0 Å². The molecule has 1 aliphatic rings. The van der Waals surface area contributed by atoms with E-state index in [4.69, 9.17) is 0 Å². The molecule has 2 heterocycles. The van der Waals surface area contributed by atoms with Crippen LogP contribution in [0.4, 0.5) is 0 Å². The van der Waals surface area contributed by atoms with Crippen molar-refractivity contribution in [2.24, 2.45) is 7.05 Å². The van der Waals surface area contributed by atoms with Gasteiger partial charge >= 0.3 is 0 Å². The lowest BCUT2D eigenvalue weighted by molar-refractivity contribution is 0.0763. The number of amides is 1. The Bertz CT molecular complexity index is 608. The van der Waals surface area contributed by atoms with Gasteiger partial charge in [-0.15, -0.1) is 0 Å². The van der Waals surface area contributed by atoms with Crippen LogP contribution < -0.4 is 0 Å². The fourth-order valence-corrected chi connectivity index (χ4v) is 3.18. The van der Waals surface area contributed by atoms with Gasteiger partial charge in [0.2, 0.25) is 10.0 Å². The van der Waals surface area contributed by atoms with E-state index in [0.29, 0.717) is 38.2 Å². The van der Waals surface area contributed by atoms with Gasteiger partial charge in [0, 0.05) is 38.9 Å². The summed E-state index contributed by atoms with van der Waals surface area (Å²) in [4.78, 5) is 14.2. The van der Waals surface area contributed by atoms with Crippen LogP contribution in [0.2, 0.25) is 0 Å². The summed E-state index contributed by atoms with van der Waals surface area (Å²) in [6.45, 7) is 3.65. The van der Waals surface area contributed by atoms with E-state index >= 15 is 0 Å². The van der Waals surface area contributed by atoms with Crippen molar-refractivity contribution in [2.45, 2.75) is 13.3 Å². The number of aromatic nitrogens is 2. The summed E-state index contributed by atoms with van der Waals surface area (Å²) >= 11 is 0. The minimum atomic E-state index is -3.19. The summed E-state index contributed by atoms with van der Waals surface area (Å²) in [5.74, 6) is -0.0778. The highest BCUT2D eigenvalue weighted by atomic mass is 32.2. The number of carbonyl (C=O) groups excluding carboxylic acids is 1. The van der Waals surface area contributed by atoms with E-state index in [1.807, 2.05) is 6.92 Å². The van der Waals surface area contributed by atoms with Crippen molar-refractivity contribution in [3.63, 3.8) is 0 Å². The van der Waals surface area contributed by atoms with Crippen LogP contribution in [0.1, 0.15) is 22.5 Å². The Morgan fingerprint density at radius 1 is 1.25 bits per heavy atom. The lowest BCUT2D eigenvalue weighted by Gasteiger charge is -2.20. The summed E-state index contributed by atoms with van der Waals surface area (Å²) in [5.41, 5.74) is 1.40. The van der Waals surface area contributed by atoms with Crippen LogP contribution in [0.25, 0.3) is 0 Å². The maximum atomic E-state index is 12.4. The molecule has 0 N–H and O–H groups in total. The number of rotatable bonds is 2. The quantitative estimate of drug-likeness (QED) is 0.760. The zero-order valence-electron chi connectivity index (χ0n) is 12.0. The topological polar surface area (TPSA) is 75.5 Å². The van der Waals surface area contributed by atoms with Crippen LogP contribution in [-0.4, -0.2) is 65.7 Å². The molecule has 1 saturated heterocycles. The number of hydrogen-bond donors (Lipinski definition) is 0. The second-order valence-electron chi connectivity index (χ2n) is 5.08. The minimum absolute atomic E-state index is 0.0778. The normalized spacial score (nSPS) is 18.1. The molecule has 0 aliphatic carbocycles. The molecule has 0 spiro atoms. The predicted octanol–water partition coefficient (Wildman–Crippen LogP) is -0.164. The van der Waals surface area contributed by atoms with Gasteiger partial charge in [0.1, 0.15) is 0 Å². The Labute approximate surface area is 119 Å². The molecule has 1 aromatic heterocycles. The van der Waals surface area contributed by atoms with Crippen LogP contribution in [0, 0.1) is 6.92 Å². The molecular weight excluding hydrogens is 280 g/mol. The molecule has 0 radical (unpaired) electrons. The fourth-order valence-electron chi connectivity index (χ4n) is 2.31. The highest BCUT2D eigenvalue weighted by molar-refractivity contribution is 7.88. The van der Waals surface area contributed by atoms with Crippen molar-refractivity contribution in [3.05, 3.63) is 17.5 Å². The van der Waals surface area contributed by atoms with Crippen molar-refractivity contribution >= 4 is 15.9 Å². The van der Waals surface area contributed by atoms with Crippen molar-refractivity contribution < 1.29 is 13.2 Å². The second kappa shape index (κ2) is 5.53. The summed E-state index contributed by atoms with van der Waals surface area (Å²) in [5, 5.41) is 4.07. The number of nitrogens with zero attached hydrogens (tertiary/aromatic N) is 4. The van der Waals surface area contributed by atoms with Crippen molar-refractivity contribution in [1.82, 2.24) is 19.0 Å². The smallest absolute Gasteiger partial charge is 0.257 e. The molecule has 1 aromatic rings. The third-order valence-corrected chi connectivity index (χ3v) is 4.98. The van der Waals surface area contributed by atoms with Crippen LogP contribution in [0.15, 0.2) is 6.20 Å². The summed E-state index contributed by atoms with van der Waals surface area (Å²) < 4.78 is 26.2. The minimum Gasteiger partial charge on any atom is -0.337 e. The molecule has 7 nitrogen and oxygen atoms in total. The van der Waals surface area contributed by atoms with Crippen LogP contribution in [0.5, 0.6) is 0 Å². The Balaban J connectivity index is 2.11. The molecule has 0 saturated carbocycles. The molecule has 0 unspecified atom stereocenters. The van der Waals surface area contributed by atoms with Gasteiger partial charge in [-0.1, -0.05) is 0 Å². The van der Waals surface area contributed by atoms with Crippen LogP contribution in [0.3, 0.4) is 0 Å². The zero-order chi connectivity index (χ0) is 14.9. The third kappa shape index (κ3) is 3.01. The van der Waals surface area contributed by atoms with Crippen molar-refractivity contribution in [3.8, 4) is 0 Å². The number of sulfonamides is 1. The van der Waals surface area contributed by atoms with Gasteiger partial charge in [-0.05, 0) is 13.3 Å². The van der Waals surface area contributed by atoms with E-state index in [1.165, 1.54) is 10.6 Å². The first-order valence-corrected chi connectivity index (χ1v) is 8.38. The number of aryl methyl sites for hydroxylation is 1. The molecule has 1 fully saturated rings. The molecule has 20 heavy (non-hydrogen) atoms. The highest BCUT2D eigenvalue weighted by Crippen LogP contribution is 2.13. The number of hydrogen-bond acceptors (Lipinski definition) is 4. The Morgan fingerprint density at radius 3 is 2.50 bits per heavy atom. The average molecular weight is 300 g/mol. The highest BCUT2D eigenvalue weighted by Gasteiger charge is 2.25. The van der Waals surface area contributed by atoms with Crippen LogP contribution in [-0.2, 0) is 17.1 Å². The maximum Gasteiger partial charge on any atom is 0.257 e. The molecule has 1 aliphatic heterocycles. The van der Waals surface area contributed by atoms with E-state index in [2.05, 4.69) is 5.10 Å². The van der Waals surface area contributed by atoms with Crippen molar-refractivity contribution in [2.75, 3.05) is 32.4 Å². The number of carbonyl (C=O) groups is 1. The van der Waals surface area contributed by atoms with Gasteiger partial charge in [-0.3, -0.25) is 9.48 Å². The van der Waals surface area contributed by atoms with E-state index in [0.717, 1.165) is 5.69 Å². The van der Waals surface area contributed by atoms with E-state index in [9.17, 15) is 13.2 Å².